The highest BCUT2D eigenvalue weighted by molar-refractivity contribution is 6.06. The summed E-state index contributed by atoms with van der Waals surface area (Å²) in [6.07, 6.45) is -0.312. The molecule has 17 heavy (non-hydrogen) atoms. The average molecular weight is 233 g/mol. The number of hydrogen-bond acceptors (Lipinski definition) is 4. The van der Waals surface area contributed by atoms with Crippen molar-refractivity contribution in [3.05, 3.63) is 40.3 Å². The number of nitrogens with zero attached hydrogens (tertiary/aromatic N) is 3. The van der Waals surface area contributed by atoms with Crippen LogP contribution in [0.4, 0.5) is 5.69 Å². The van der Waals surface area contributed by atoms with Crippen LogP contribution in [0.25, 0.3) is 10.4 Å². The number of ketones is 1. The van der Waals surface area contributed by atoms with Crippen LogP contribution in [-0.2, 0) is 9.53 Å². The van der Waals surface area contributed by atoms with Crippen molar-refractivity contribution >= 4 is 17.4 Å². The molecule has 0 bridgehead atoms. The van der Waals surface area contributed by atoms with Crippen molar-refractivity contribution in [1.82, 2.24) is 0 Å². The number of azide groups is 1. The molecular formula is C11H11N3O3. The summed E-state index contributed by atoms with van der Waals surface area (Å²) < 4.78 is 4.67. The van der Waals surface area contributed by atoms with Crippen molar-refractivity contribution in [2.75, 3.05) is 6.61 Å². The lowest BCUT2D eigenvalue weighted by molar-refractivity contribution is -0.141. The van der Waals surface area contributed by atoms with E-state index in [-0.39, 0.29) is 18.8 Å². The second-order valence-corrected chi connectivity index (χ2v) is 3.14. The summed E-state index contributed by atoms with van der Waals surface area (Å²) in [5, 5.41) is 3.38. The van der Waals surface area contributed by atoms with Gasteiger partial charge in [0.2, 0.25) is 0 Å². The molecule has 0 aromatic heterocycles. The van der Waals surface area contributed by atoms with Crippen LogP contribution in [0.1, 0.15) is 23.7 Å². The summed E-state index contributed by atoms with van der Waals surface area (Å²) in [7, 11) is 0. The molecule has 0 spiro atoms. The van der Waals surface area contributed by atoms with Gasteiger partial charge in [-0.3, -0.25) is 9.59 Å². The number of ether oxygens (including phenoxy) is 1. The van der Waals surface area contributed by atoms with Gasteiger partial charge in [0.15, 0.2) is 5.78 Å². The molecule has 0 unspecified atom stereocenters. The molecule has 0 fully saturated rings. The Morgan fingerprint density at radius 1 is 1.47 bits per heavy atom. The molecule has 0 amide bonds. The highest BCUT2D eigenvalue weighted by Crippen LogP contribution is 2.15. The van der Waals surface area contributed by atoms with Crippen LogP contribution >= 0.6 is 0 Å². The minimum absolute atomic E-state index is 0.241. The molecule has 0 atom stereocenters. The lowest BCUT2D eigenvalue weighted by atomic mass is 10.1. The Kier molecular flexibility index (Phi) is 4.72. The molecule has 6 heteroatoms. The van der Waals surface area contributed by atoms with Crippen molar-refractivity contribution in [3.63, 3.8) is 0 Å². The molecule has 0 saturated carbocycles. The molecule has 0 radical (unpaired) electrons. The Morgan fingerprint density at radius 2 is 2.24 bits per heavy atom. The molecule has 1 aromatic rings. The summed E-state index contributed by atoms with van der Waals surface area (Å²) in [6.45, 7) is 1.91. The Labute approximate surface area is 97.8 Å². The zero-order valence-electron chi connectivity index (χ0n) is 9.29. The fourth-order valence-electron chi connectivity index (χ4n) is 1.24. The molecule has 6 nitrogen and oxygen atoms in total. The van der Waals surface area contributed by atoms with Crippen molar-refractivity contribution < 1.29 is 14.3 Å². The van der Waals surface area contributed by atoms with Crippen molar-refractivity contribution in [3.8, 4) is 0 Å². The first kappa shape index (κ1) is 12.7. The van der Waals surface area contributed by atoms with E-state index in [1.54, 1.807) is 25.1 Å². The maximum Gasteiger partial charge on any atom is 0.313 e. The van der Waals surface area contributed by atoms with Gasteiger partial charge in [0.05, 0.1) is 6.61 Å². The Hall–Kier alpha value is -2.33. The SMILES string of the molecule is CCOC(=O)CC(=O)c1cccc(N=[N+]=[N-])c1. The first-order valence-electron chi connectivity index (χ1n) is 5.01. The summed E-state index contributed by atoms with van der Waals surface area (Å²) in [5.74, 6) is -0.926. The van der Waals surface area contributed by atoms with Crippen LogP contribution in [0.15, 0.2) is 29.4 Å². The molecule has 1 aromatic carbocycles. The number of carbonyl (C=O) groups is 2. The van der Waals surface area contributed by atoms with Gasteiger partial charge in [-0.15, -0.1) is 0 Å². The second-order valence-electron chi connectivity index (χ2n) is 3.14. The number of rotatable bonds is 5. The van der Waals surface area contributed by atoms with E-state index in [1.807, 2.05) is 0 Å². The molecular weight excluding hydrogens is 222 g/mol. The van der Waals surface area contributed by atoms with Gasteiger partial charge >= 0.3 is 5.97 Å². The number of esters is 1. The van der Waals surface area contributed by atoms with Gasteiger partial charge in [0.25, 0.3) is 0 Å². The third-order valence-corrected chi connectivity index (χ3v) is 1.94. The van der Waals surface area contributed by atoms with Gasteiger partial charge in [0, 0.05) is 16.2 Å². The van der Waals surface area contributed by atoms with Gasteiger partial charge < -0.3 is 4.74 Å². The van der Waals surface area contributed by atoms with E-state index in [1.165, 1.54) is 6.07 Å². The lowest BCUT2D eigenvalue weighted by Gasteiger charge is -2.02. The van der Waals surface area contributed by atoms with Crippen LogP contribution < -0.4 is 0 Å². The lowest BCUT2D eigenvalue weighted by Crippen LogP contribution is -2.11. The zero-order chi connectivity index (χ0) is 12.7. The third kappa shape index (κ3) is 3.96. The van der Waals surface area contributed by atoms with Crippen molar-refractivity contribution in [2.45, 2.75) is 13.3 Å². The maximum absolute atomic E-state index is 11.7. The Bertz CT molecular complexity index is 479. The minimum atomic E-state index is -0.563. The van der Waals surface area contributed by atoms with Crippen LogP contribution in [0.2, 0.25) is 0 Å². The van der Waals surface area contributed by atoms with Gasteiger partial charge in [0.1, 0.15) is 6.42 Å². The first-order chi connectivity index (χ1) is 8.17. The van der Waals surface area contributed by atoms with E-state index in [0.717, 1.165) is 0 Å². The number of Topliss-reactive ketones (excluding diaryl/α,β-unsaturated/α-hetero) is 1. The predicted molar refractivity (Wildman–Crippen MR) is 60.8 cm³/mol. The molecule has 0 aliphatic rings. The predicted octanol–water partition coefficient (Wildman–Crippen LogP) is 2.76. The standard InChI is InChI=1S/C11H11N3O3/c1-2-17-11(16)7-10(15)8-4-3-5-9(6-8)13-14-12/h3-6H,2,7H2,1H3. The molecule has 0 heterocycles. The van der Waals surface area contributed by atoms with E-state index in [0.29, 0.717) is 11.3 Å². The Morgan fingerprint density at radius 3 is 2.88 bits per heavy atom. The van der Waals surface area contributed by atoms with Crippen molar-refractivity contribution in [2.24, 2.45) is 5.11 Å². The van der Waals surface area contributed by atoms with Gasteiger partial charge in [-0.1, -0.05) is 23.3 Å². The topological polar surface area (TPSA) is 92.1 Å². The third-order valence-electron chi connectivity index (χ3n) is 1.94. The molecule has 0 N–H and O–H groups in total. The highest BCUT2D eigenvalue weighted by atomic mass is 16.5. The van der Waals surface area contributed by atoms with E-state index in [4.69, 9.17) is 5.53 Å². The van der Waals surface area contributed by atoms with Crippen LogP contribution in [0.5, 0.6) is 0 Å². The van der Waals surface area contributed by atoms with Gasteiger partial charge in [-0.05, 0) is 18.5 Å². The molecule has 0 saturated heterocycles. The summed E-state index contributed by atoms with van der Waals surface area (Å²) in [4.78, 5) is 25.4. The highest BCUT2D eigenvalue weighted by Gasteiger charge is 2.12. The van der Waals surface area contributed by atoms with E-state index in [2.05, 4.69) is 14.8 Å². The quantitative estimate of drug-likeness (QED) is 0.195. The monoisotopic (exact) mass is 233 g/mol. The fraction of sp³-hybridized carbons (Fsp3) is 0.273. The van der Waals surface area contributed by atoms with Crippen LogP contribution in [0, 0.1) is 0 Å². The largest absolute Gasteiger partial charge is 0.466 e. The average Bonchev–Trinajstić information content (AvgIpc) is 2.30. The molecule has 0 aliphatic heterocycles. The second kappa shape index (κ2) is 6.30. The van der Waals surface area contributed by atoms with E-state index in [9.17, 15) is 9.59 Å². The number of hydrogen-bond donors (Lipinski definition) is 0. The van der Waals surface area contributed by atoms with E-state index < -0.39 is 5.97 Å². The van der Waals surface area contributed by atoms with Crippen LogP contribution in [-0.4, -0.2) is 18.4 Å². The fourth-order valence-corrected chi connectivity index (χ4v) is 1.24. The summed E-state index contributed by atoms with van der Waals surface area (Å²) in [5.41, 5.74) is 8.92. The van der Waals surface area contributed by atoms with Crippen molar-refractivity contribution in [1.29, 1.82) is 0 Å². The summed E-state index contributed by atoms with van der Waals surface area (Å²) in [6, 6.07) is 6.14. The zero-order valence-corrected chi connectivity index (χ0v) is 9.29. The summed E-state index contributed by atoms with van der Waals surface area (Å²) >= 11 is 0. The van der Waals surface area contributed by atoms with E-state index >= 15 is 0 Å². The smallest absolute Gasteiger partial charge is 0.313 e. The Balaban J connectivity index is 2.78. The molecule has 1 rings (SSSR count). The van der Waals surface area contributed by atoms with Gasteiger partial charge in [-0.2, -0.15) is 0 Å². The number of carbonyl (C=O) groups excluding carboxylic acids is 2. The molecule has 0 aliphatic carbocycles. The number of benzene rings is 1. The van der Waals surface area contributed by atoms with Crippen LogP contribution in [0.3, 0.4) is 0 Å². The molecule has 88 valence electrons. The minimum Gasteiger partial charge on any atom is -0.466 e. The first-order valence-corrected chi connectivity index (χ1v) is 5.01. The normalized spacial score (nSPS) is 9.24. The van der Waals surface area contributed by atoms with Gasteiger partial charge in [-0.25, -0.2) is 0 Å². The maximum atomic E-state index is 11.7.